The van der Waals surface area contributed by atoms with Crippen LogP contribution in [0.1, 0.15) is 22.3 Å². The fourth-order valence-corrected chi connectivity index (χ4v) is 2.05. The molecule has 106 valence electrons. The number of hydrogen-bond donors (Lipinski definition) is 1. The van der Waals surface area contributed by atoms with E-state index in [9.17, 15) is 9.18 Å². The van der Waals surface area contributed by atoms with Crippen molar-refractivity contribution >= 4 is 11.6 Å². The van der Waals surface area contributed by atoms with Crippen LogP contribution in [0.5, 0.6) is 5.75 Å². The van der Waals surface area contributed by atoms with Gasteiger partial charge in [0.1, 0.15) is 11.6 Å². The largest absolute Gasteiger partial charge is 0.492 e. The van der Waals surface area contributed by atoms with Crippen molar-refractivity contribution < 1.29 is 13.9 Å². The summed E-state index contributed by atoms with van der Waals surface area (Å²) in [7, 11) is 0. The zero-order valence-electron chi connectivity index (χ0n) is 11.0. The molecule has 1 aromatic heterocycles. The first-order valence-electron chi connectivity index (χ1n) is 6.44. The second-order valence-electron chi connectivity index (χ2n) is 4.47. The van der Waals surface area contributed by atoms with Crippen LogP contribution in [0.15, 0.2) is 47.8 Å². The first-order valence-corrected chi connectivity index (χ1v) is 6.44. The van der Waals surface area contributed by atoms with Gasteiger partial charge in [-0.25, -0.2) is 9.82 Å². The van der Waals surface area contributed by atoms with E-state index >= 15 is 0 Å². The van der Waals surface area contributed by atoms with E-state index in [4.69, 9.17) is 4.74 Å². The van der Waals surface area contributed by atoms with Crippen molar-refractivity contribution in [2.75, 3.05) is 6.61 Å². The summed E-state index contributed by atoms with van der Waals surface area (Å²) in [5.41, 5.74) is 4.09. The summed E-state index contributed by atoms with van der Waals surface area (Å²) in [6, 6.07) is 7.42. The van der Waals surface area contributed by atoms with E-state index in [-0.39, 0.29) is 11.7 Å². The summed E-state index contributed by atoms with van der Waals surface area (Å²) in [5.74, 6) is -0.138. The highest BCUT2D eigenvalue weighted by atomic mass is 19.1. The molecule has 1 N–H and O–H groups in total. The quantitative estimate of drug-likeness (QED) is 0.860. The highest BCUT2D eigenvalue weighted by Gasteiger charge is 2.18. The number of halogens is 1. The number of nitrogens with zero attached hydrogens (tertiary/aromatic N) is 2. The third-order valence-electron chi connectivity index (χ3n) is 3.08. The minimum Gasteiger partial charge on any atom is -0.492 e. The number of nitrogens with one attached hydrogen (secondary N) is 1. The highest BCUT2D eigenvalue weighted by Crippen LogP contribution is 2.25. The van der Waals surface area contributed by atoms with Gasteiger partial charge >= 0.3 is 0 Å². The van der Waals surface area contributed by atoms with E-state index in [1.165, 1.54) is 24.5 Å². The van der Waals surface area contributed by atoms with Crippen LogP contribution in [-0.4, -0.2) is 23.2 Å². The van der Waals surface area contributed by atoms with E-state index in [1.54, 1.807) is 18.2 Å². The van der Waals surface area contributed by atoms with Crippen molar-refractivity contribution in [1.29, 1.82) is 0 Å². The molecule has 5 nitrogen and oxygen atoms in total. The van der Waals surface area contributed by atoms with Gasteiger partial charge in [0.05, 0.1) is 12.3 Å². The first-order chi connectivity index (χ1) is 10.2. The zero-order valence-corrected chi connectivity index (χ0v) is 11.0. The number of pyridine rings is 1. The first kappa shape index (κ1) is 13.2. The second-order valence-corrected chi connectivity index (χ2v) is 4.47. The maximum absolute atomic E-state index is 13.3. The Morgan fingerprint density at radius 1 is 1.29 bits per heavy atom. The van der Waals surface area contributed by atoms with Crippen molar-refractivity contribution in [3.63, 3.8) is 0 Å². The topological polar surface area (TPSA) is 63.6 Å². The summed E-state index contributed by atoms with van der Waals surface area (Å²) in [5, 5.41) is 4.09. The molecule has 0 unspecified atom stereocenters. The van der Waals surface area contributed by atoms with Crippen LogP contribution < -0.4 is 10.2 Å². The van der Waals surface area contributed by atoms with Gasteiger partial charge in [-0.05, 0) is 30.3 Å². The van der Waals surface area contributed by atoms with Crippen molar-refractivity contribution in [3.8, 4) is 5.75 Å². The Morgan fingerprint density at radius 2 is 2.10 bits per heavy atom. The molecule has 1 aromatic carbocycles. The van der Waals surface area contributed by atoms with E-state index in [0.717, 1.165) is 0 Å². The molecule has 0 spiro atoms. The van der Waals surface area contributed by atoms with Crippen LogP contribution in [0.2, 0.25) is 0 Å². The lowest BCUT2D eigenvalue weighted by atomic mass is 10.0. The minimum atomic E-state index is -0.368. The normalized spacial score (nSPS) is 15.2. The van der Waals surface area contributed by atoms with Crippen LogP contribution in [0.25, 0.3) is 0 Å². The number of benzene rings is 1. The van der Waals surface area contributed by atoms with Gasteiger partial charge in [-0.3, -0.25) is 9.78 Å². The number of carbonyl (C=O) groups excluding carboxylic acids is 1. The predicted octanol–water partition coefficient (Wildman–Crippen LogP) is 2.14. The Bertz CT molecular complexity index is 701. The molecule has 0 fully saturated rings. The maximum Gasteiger partial charge on any atom is 0.271 e. The fraction of sp³-hybridized carbons (Fsp3) is 0.133. The number of ether oxygens (including phenoxy) is 1. The smallest absolute Gasteiger partial charge is 0.271 e. The van der Waals surface area contributed by atoms with Crippen LogP contribution in [0.3, 0.4) is 0 Å². The standard InChI is InChI=1S/C15H12FN3O2/c16-11-1-2-14-12(9-11)13(5-8-21-14)18-19-15(20)10-3-6-17-7-4-10/h1-4,6-7,9H,5,8H2,(H,19,20)/b18-13-. The molecule has 3 rings (SSSR count). The summed E-state index contributed by atoms with van der Waals surface area (Å²) in [6.45, 7) is 0.447. The van der Waals surface area contributed by atoms with Gasteiger partial charge in [0, 0.05) is 29.9 Å². The van der Waals surface area contributed by atoms with Gasteiger partial charge in [0.15, 0.2) is 0 Å². The average Bonchev–Trinajstić information content (AvgIpc) is 2.53. The van der Waals surface area contributed by atoms with Gasteiger partial charge in [-0.1, -0.05) is 0 Å². The van der Waals surface area contributed by atoms with Crippen LogP contribution in [0.4, 0.5) is 4.39 Å². The predicted molar refractivity (Wildman–Crippen MR) is 74.8 cm³/mol. The number of amides is 1. The number of aromatic nitrogens is 1. The van der Waals surface area contributed by atoms with E-state index in [0.29, 0.717) is 35.6 Å². The summed E-state index contributed by atoms with van der Waals surface area (Å²) >= 11 is 0. The molecule has 0 atom stereocenters. The van der Waals surface area contributed by atoms with Crippen LogP contribution in [0, 0.1) is 5.82 Å². The zero-order chi connectivity index (χ0) is 14.7. The van der Waals surface area contributed by atoms with Gasteiger partial charge in [-0.2, -0.15) is 5.10 Å². The molecule has 1 amide bonds. The van der Waals surface area contributed by atoms with Crippen molar-refractivity contribution in [1.82, 2.24) is 10.4 Å². The Morgan fingerprint density at radius 3 is 2.90 bits per heavy atom. The maximum atomic E-state index is 13.3. The number of carbonyl (C=O) groups is 1. The third-order valence-corrected chi connectivity index (χ3v) is 3.08. The molecule has 2 aromatic rings. The number of hydrogen-bond acceptors (Lipinski definition) is 4. The van der Waals surface area contributed by atoms with Gasteiger partial charge in [-0.15, -0.1) is 0 Å². The number of fused-ring (bicyclic) bond motifs is 1. The van der Waals surface area contributed by atoms with Gasteiger partial charge in [0.2, 0.25) is 0 Å². The fourth-order valence-electron chi connectivity index (χ4n) is 2.05. The Balaban J connectivity index is 1.82. The molecular formula is C15H12FN3O2. The molecule has 1 aliphatic heterocycles. The molecule has 0 saturated carbocycles. The molecule has 0 saturated heterocycles. The van der Waals surface area contributed by atoms with E-state index in [1.807, 2.05) is 0 Å². The van der Waals surface area contributed by atoms with Crippen LogP contribution >= 0.6 is 0 Å². The lowest BCUT2D eigenvalue weighted by Gasteiger charge is -2.18. The summed E-state index contributed by atoms with van der Waals surface area (Å²) in [6.07, 6.45) is 3.56. The minimum absolute atomic E-state index is 0.339. The summed E-state index contributed by atoms with van der Waals surface area (Å²) < 4.78 is 18.8. The van der Waals surface area contributed by atoms with Gasteiger partial charge in [0.25, 0.3) is 5.91 Å². The molecule has 21 heavy (non-hydrogen) atoms. The van der Waals surface area contributed by atoms with Gasteiger partial charge < -0.3 is 4.74 Å². The average molecular weight is 285 g/mol. The summed E-state index contributed by atoms with van der Waals surface area (Å²) in [4.78, 5) is 15.8. The molecule has 0 bridgehead atoms. The Labute approximate surface area is 120 Å². The lowest BCUT2D eigenvalue weighted by Crippen LogP contribution is -2.23. The molecule has 0 aliphatic carbocycles. The highest BCUT2D eigenvalue weighted by molar-refractivity contribution is 6.04. The van der Waals surface area contributed by atoms with Crippen molar-refractivity contribution in [2.45, 2.75) is 6.42 Å². The molecule has 0 radical (unpaired) electrons. The van der Waals surface area contributed by atoms with E-state index < -0.39 is 0 Å². The number of rotatable bonds is 2. The van der Waals surface area contributed by atoms with E-state index in [2.05, 4.69) is 15.5 Å². The monoisotopic (exact) mass is 285 g/mol. The molecule has 6 heteroatoms. The Kier molecular flexibility index (Phi) is 3.59. The molecule has 2 heterocycles. The lowest BCUT2D eigenvalue weighted by molar-refractivity contribution is 0.0954. The third kappa shape index (κ3) is 2.89. The number of hydrazone groups is 1. The second kappa shape index (κ2) is 5.70. The van der Waals surface area contributed by atoms with Crippen molar-refractivity contribution in [3.05, 3.63) is 59.7 Å². The molecular weight excluding hydrogens is 273 g/mol. The van der Waals surface area contributed by atoms with Crippen LogP contribution in [-0.2, 0) is 0 Å². The van der Waals surface area contributed by atoms with Crippen molar-refractivity contribution in [2.24, 2.45) is 5.10 Å². The molecule has 1 aliphatic rings. The Hall–Kier alpha value is -2.76. The SMILES string of the molecule is O=C(N/N=C1/CCOc2ccc(F)cc21)c1ccncc1.